The van der Waals surface area contributed by atoms with Gasteiger partial charge in [-0.15, -0.1) is 0 Å². The first-order valence-electron chi connectivity index (χ1n) is 35.3. The number of ether oxygens (including phenoxy) is 4. The number of allylic oxidation sites excluding steroid dienone is 13. The van der Waals surface area contributed by atoms with Crippen molar-refractivity contribution in [1.82, 2.24) is 5.32 Å². The molecule has 0 aromatic rings. The molecule has 2 heterocycles. The number of aliphatic hydroxyl groups excluding tert-OH is 8. The maximum absolute atomic E-state index is 13.3. The molecule has 504 valence electrons. The molecular formula is C73H129NO13. The Hall–Kier alpha value is -2.83. The minimum absolute atomic E-state index is 0.238. The molecule has 0 aliphatic carbocycles. The monoisotopic (exact) mass is 1230 g/mol. The molecule has 14 heteroatoms. The third-order valence-electron chi connectivity index (χ3n) is 16.8. The van der Waals surface area contributed by atoms with E-state index >= 15 is 0 Å². The molecular weight excluding hydrogens is 1100 g/mol. The van der Waals surface area contributed by atoms with E-state index in [0.29, 0.717) is 6.42 Å². The standard InChI is InChI=1S/C73H129NO13/c1-3-5-7-9-11-13-15-17-19-21-22-23-24-25-26-27-28-29-30-31-32-33-34-35-36-37-38-39-40-41-43-45-47-49-51-53-55-57-65(78)74-61(62(77)56-54-52-50-48-46-44-42-20-18-16-14-12-10-8-6-4-2)60-84-72-70(83)68(81)71(64(59-76)86-72)87-73-69(82)67(80)66(79)63(58-75)85-73/h5,7,11,13,17,19,22-23,25-26,28-29,54,56,61-64,66-73,75-77,79-83H,3-4,6,8-10,12,14-16,18,20-21,24,27,30-53,55,57-60H2,1-2H3,(H,74,78)/b7-5-,13-11-,19-17-,23-22-,26-25-,29-28-,56-54+. The van der Waals surface area contributed by atoms with Gasteiger partial charge in [0.2, 0.25) is 5.91 Å². The molecule has 0 bridgehead atoms. The van der Waals surface area contributed by atoms with Crippen LogP contribution in [-0.4, -0.2) is 140 Å². The Labute approximate surface area is 529 Å². The summed E-state index contributed by atoms with van der Waals surface area (Å²) < 4.78 is 22.8. The predicted octanol–water partition coefficient (Wildman–Crippen LogP) is 14.4. The number of aliphatic hydroxyl groups is 8. The van der Waals surface area contributed by atoms with Crippen molar-refractivity contribution < 1.29 is 64.6 Å². The summed E-state index contributed by atoms with van der Waals surface area (Å²) in [6, 6.07) is -0.917. The van der Waals surface area contributed by atoms with Gasteiger partial charge in [-0.2, -0.15) is 0 Å². The Bertz CT molecular complexity index is 1780. The van der Waals surface area contributed by atoms with Crippen LogP contribution in [0.5, 0.6) is 0 Å². The van der Waals surface area contributed by atoms with E-state index in [2.05, 4.69) is 92.1 Å². The zero-order valence-electron chi connectivity index (χ0n) is 54.7. The van der Waals surface area contributed by atoms with Crippen LogP contribution in [0.25, 0.3) is 0 Å². The third-order valence-corrected chi connectivity index (χ3v) is 16.8. The predicted molar refractivity (Wildman–Crippen MR) is 355 cm³/mol. The van der Waals surface area contributed by atoms with Crippen molar-refractivity contribution in [3.63, 3.8) is 0 Å². The minimum Gasteiger partial charge on any atom is -0.394 e. The number of amides is 1. The molecule has 1 amide bonds. The normalized spacial score (nSPS) is 23.8. The van der Waals surface area contributed by atoms with Crippen molar-refractivity contribution in [1.29, 1.82) is 0 Å². The van der Waals surface area contributed by atoms with Crippen LogP contribution < -0.4 is 5.32 Å². The SMILES string of the molecule is CC/C=C\C/C=C\C/C=C\C/C=C\C/C=C\C/C=C\CCCCCCCCCCCCCCCCCCCCC(=O)NC(COC1OC(CO)C(OC2OC(CO)C(O)C(O)C2O)C(O)C1O)C(O)/C=C/CCCCCCCCCCCCCCCC. The molecule has 87 heavy (non-hydrogen) atoms. The van der Waals surface area contributed by atoms with Crippen LogP contribution in [-0.2, 0) is 23.7 Å². The highest BCUT2D eigenvalue weighted by Crippen LogP contribution is 2.30. The lowest BCUT2D eigenvalue weighted by molar-refractivity contribution is -0.359. The lowest BCUT2D eigenvalue weighted by Gasteiger charge is -2.46. The van der Waals surface area contributed by atoms with Gasteiger partial charge in [-0.05, 0) is 70.6 Å². The van der Waals surface area contributed by atoms with E-state index in [1.165, 1.54) is 173 Å². The van der Waals surface area contributed by atoms with Crippen molar-refractivity contribution in [2.24, 2.45) is 0 Å². The fourth-order valence-electron chi connectivity index (χ4n) is 11.2. The van der Waals surface area contributed by atoms with Crippen LogP contribution in [0.15, 0.2) is 85.1 Å². The third kappa shape index (κ3) is 41.3. The van der Waals surface area contributed by atoms with E-state index in [9.17, 15) is 45.6 Å². The number of nitrogens with one attached hydrogen (secondary N) is 1. The summed E-state index contributed by atoms with van der Waals surface area (Å²) in [7, 11) is 0. The molecule has 2 aliphatic heterocycles. The Balaban J connectivity index is 1.61. The number of hydrogen-bond acceptors (Lipinski definition) is 13. The van der Waals surface area contributed by atoms with Crippen LogP contribution >= 0.6 is 0 Å². The van der Waals surface area contributed by atoms with Crippen molar-refractivity contribution in [2.75, 3.05) is 19.8 Å². The Kier molecular flexibility index (Phi) is 52.7. The van der Waals surface area contributed by atoms with Crippen LogP contribution in [0, 0.1) is 0 Å². The lowest BCUT2D eigenvalue weighted by Crippen LogP contribution is -2.65. The first-order valence-corrected chi connectivity index (χ1v) is 35.3. The molecule has 12 atom stereocenters. The fourth-order valence-corrected chi connectivity index (χ4v) is 11.2. The molecule has 0 saturated carbocycles. The van der Waals surface area contributed by atoms with Crippen molar-refractivity contribution in [2.45, 2.75) is 351 Å². The largest absolute Gasteiger partial charge is 0.394 e. The van der Waals surface area contributed by atoms with Gasteiger partial charge in [0.25, 0.3) is 0 Å². The maximum Gasteiger partial charge on any atom is 0.220 e. The summed E-state index contributed by atoms with van der Waals surface area (Å²) in [4.78, 5) is 13.3. The van der Waals surface area contributed by atoms with Crippen molar-refractivity contribution in [3.05, 3.63) is 85.1 Å². The first-order chi connectivity index (χ1) is 42.6. The molecule has 14 nitrogen and oxygen atoms in total. The molecule has 2 saturated heterocycles. The van der Waals surface area contributed by atoms with Gasteiger partial charge < -0.3 is 65.1 Å². The summed E-state index contributed by atoms with van der Waals surface area (Å²) in [5, 5.41) is 87.3. The highest BCUT2D eigenvalue weighted by molar-refractivity contribution is 5.76. The zero-order chi connectivity index (χ0) is 63.1. The summed E-state index contributed by atoms with van der Waals surface area (Å²) in [5.74, 6) is -0.238. The smallest absolute Gasteiger partial charge is 0.220 e. The molecule has 2 fully saturated rings. The number of rotatable bonds is 57. The maximum atomic E-state index is 13.3. The van der Waals surface area contributed by atoms with Gasteiger partial charge in [-0.1, -0.05) is 285 Å². The molecule has 2 rings (SSSR count). The van der Waals surface area contributed by atoms with Gasteiger partial charge in [-0.25, -0.2) is 0 Å². The number of unbranched alkanes of at least 4 members (excludes halogenated alkanes) is 32. The molecule has 0 radical (unpaired) electrons. The average Bonchev–Trinajstić information content (AvgIpc) is 2.36. The second-order valence-electron chi connectivity index (χ2n) is 24.6. The minimum atomic E-state index is -1.79. The molecule has 2 aliphatic rings. The molecule has 9 N–H and O–H groups in total. The molecule has 0 spiro atoms. The number of carbonyl (C=O) groups excluding carboxylic acids is 1. The molecule has 0 aromatic heterocycles. The van der Waals surface area contributed by atoms with Crippen molar-refractivity contribution >= 4 is 5.91 Å². The fraction of sp³-hybridized carbons (Fsp3) is 0.795. The Morgan fingerprint density at radius 2 is 0.793 bits per heavy atom. The molecule has 12 unspecified atom stereocenters. The van der Waals surface area contributed by atoms with E-state index in [4.69, 9.17) is 18.9 Å². The summed E-state index contributed by atoms with van der Waals surface area (Å²) in [6.45, 7) is 2.70. The summed E-state index contributed by atoms with van der Waals surface area (Å²) >= 11 is 0. The van der Waals surface area contributed by atoms with Crippen LogP contribution in [0.4, 0.5) is 0 Å². The van der Waals surface area contributed by atoms with Crippen LogP contribution in [0.3, 0.4) is 0 Å². The van der Waals surface area contributed by atoms with Crippen molar-refractivity contribution in [3.8, 4) is 0 Å². The topological polar surface area (TPSA) is 228 Å². The first kappa shape index (κ1) is 80.3. The Morgan fingerprint density at radius 3 is 1.22 bits per heavy atom. The van der Waals surface area contributed by atoms with Gasteiger partial charge in [-0.3, -0.25) is 4.79 Å². The second-order valence-corrected chi connectivity index (χ2v) is 24.6. The van der Waals surface area contributed by atoms with E-state index < -0.39 is 86.8 Å². The van der Waals surface area contributed by atoms with E-state index in [-0.39, 0.29) is 18.9 Å². The second kappa shape index (κ2) is 57.1. The lowest BCUT2D eigenvalue weighted by atomic mass is 9.97. The van der Waals surface area contributed by atoms with E-state index in [1.807, 2.05) is 6.08 Å². The highest BCUT2D eigenvalue weighted by atomic mass is 16.7. The van der Waals surface area contributed by atoms with E-state index in [1.54, 1.807) is 6.08 Å². The van der Waals surface area contributed by atoms with Gasteiger partial charge in [0.05, 0.1) is 32.0 Å². The Morgan fingerprint density at radius 1 is 0.425 bits per heavy atom. The average molecular weight is 1230 g/mol. The van der Waals surface area contributed by atoms with Crippen LogP contribution in [0.1, 0.15) is 277 Å². The van der Waals surface area contributed by atoms with Crippen LogP contribution in [0.2, 0.25) is 0 Å². The number of hydrogen-bond donors (Lipinski definition) is 9. The van der Waals surface area contributed by atoms with Gasteiger partial charge in [0, 0.05) is 6.42 Å². The number of carbonyl (C=O) groups is 1. The van der Waals surface area contributed by atoms with E-state index in [0.717, 1.165) is 77.0 Å². The van der Waals surface area contributed by atoms with Gasteiger partial charge in [0.1, 0.15) is 48.8 Å². The summed E-state index contributed by atoms with van der Waals surface area (Å²) in [5.41, 5.74) is 0. The molecule has 0 aromatic carbocycles. The summed E-state index contributed by atoms with van der Waals surface area (Å²) in [6.07, 6.45) is 62.1. The highest BCUT2D eigenvalue weighted by Gasteiger charge is 2.51. The van der Waals surface area contributed by atoms with Gasteiger partial charge in [0.15, 0.2) is 12.6 Å². The quantitative estimate of drug-likeness (QED) is 0.0204. The van der Waals surface area contributed by atoms with Gasteiger partial charge >= 0.3 is 0 Å². The zero-order valence-corrected chi connectivity index (χ0v) is 54.7.